The van der Waals surface area contributed by atoms with E-state index in [0.29, 0.717) is 15.8 Å². The Morgan fingerprint density at radius 1 is 0.818 bits per heavy atom. The molecule has 1 heterocycles. The standard InChI is InChI=1S/C19H11FOS/c20-14-6-3-5-13(10-14)17-11-18(22)16-9-8-12-4-1-2-7-15(12)19(16)21-17/h1-11H. The van der Waals surface area contributed by atoms with E-state index < -0.39 is 0 Å². The van der Waals surface area contributed by atoms with Crippen molar-refractivity contribution in [1.29, 1.82) is 0 Å². The number of benzene rings is 3. The summed E-state index contributed by atoms with van der Waals surface area (Å²) in [7, 11) is 0. The van der Waals surface area contributed by atoms with Gasteiger partial charge in [0.1, 0.15) is 17.2 Å². The number of rotatable bonds is 1. The molecule has 3 aromatic carbocycles. The number of hydrogen-bond donors (Lipinski definition) is 0. The van der Waals surface area contributed by atoms with Crippen LogP contribution in [0, 0.1) is 10.3 Å². The van der Waals surface area contributed by atoms with Gasteiger partial charge in [0.15, 0.2) is 0 Å². The average Bonchev–Trinajstić information content (AvgIpc) is 2.54. The van der Waals surface area contributed by atoms with E-state index in [9.17, 15) is 4.39 Å². The predicted molar refractivity (Wildman–Crippen MR) is 89.9 cm³/mol. The van der Waals surface area contributed by atoms with Crippen molar-refractivity contribution in [1.82, 2.24) is 0 Å². The minimum Gasteiger partial charge on any atom is -0.455 e. The Labute approximate surface area is 131 Å². The highest BCUT2D eigenvalue weighted by Gasteiger charge is 2.08. The van der Waals surface area contributed by atoms with E-state index in [2.05, 4.69) is 0 Å². The molecule has 3 heteroatoms. The summed E-state index contributed by atoms with van der Waals surface area (Å²) in [5.74, 6) is 0.282. The van der Waals surface area contributed by atoms with Crippen LogP contribution in [0.3, 0.4) is 0 Å². The van der Waals surface area contributed by atoms with Crippen molar-refractivity contribution < 1.29 is 8.81 Å². The Morgan fingerprint density at radius 2 is 1.68 bits per heavy atom. The van der Waals surface area contributed by atoms with E-state index >= 15 is 0 Å². The maximum absolute atomic E-state index is 13.5. The Bertz CT molecular complexity index is 1070. The fraction of sp³-hybridized carbons (Fsp3) is 0. The highest BCUT2D eigenvalue weighted by Crippen LogP contribution is 2.31. The van der Waals surface area contributed by atoms with Gasteiger partial charge < -0.3 is 4.42 Å². The molecule has 22 heavy (non-hydrogen) atoms. The van der Waals surface area contributed by atoms with Crippen molar-refractivity contribution in [2.24, 2.45) is 0 Å². The second kappa shape index (κ2) is 5.04. The molecule has 0 spiro atoms. The molecule has 0 atom stereocenters. The second-order valence-corrected chi connectivity index (χ2v) is 5.59. The molecule has 0 amide bonds. The molecular formula is C19H11FOS. The van der Waals surface area contributed by atoms with Crippen LogP contribution in [-0.4, -0.2) is 0 Å². The van der Waals surface area contributed by atoms with Crippen molar-refractivity contribution in [3.63, 3.8) is 0 Å². The van der Waals surface area contributed by atoms with Gasteiger partial charge in [0, 0.05) is 22.4 Å². The lowest BCUT2D eigenvalue weighted by molar-refractivity contribution is 0.613. The number of fused-ring (bicyclic) bond motifs is 3. The van der Waals surface area contributed by atoms with E-state index in [1.165, 1.54) is 12.1 Å². The molecule has 0 saturated carbocycles. The maximum Gasteiger partial charge on any atom is 0.143 e. The minimum absolute atomic E-state index is 0.295. The SMILES string of the molecule is Fc1cccc(-c2cc(=S)c3ccc4ccccc4c3o2)c1. The monoisotopic (exact) mass is 306 g/mol. The zero-order valence-electron chi connectivity index (χ0n) is 11.5. The van der Waals surface area contributed by atoms with Gasteiger partial charge in [-0.15, -0.1) is 0 Å². The molecule has 0 N–H and O–H groups in total. The van der Waals surface area contributed by atoms with Crippen molar-refractivity contribution in [2.75, 3.05) is 0 Å². The first-order valence-electron chi connectivity index (χ1n) is 6.94. The predicted octanol–water partition coefficient (Wildman–Crippen LogP) is 6.12. The summed E-state index contributed by atoms with van der Waals surface area (Å²) in [6.07, 6.45) is 0. The molecule has 0 aliphatic rings. The second-order valence-electron chi connectivity index (χ2n) is 5.15. The van der Waals surface area contributed by atoms with Crippen LogP contribution in [0.25, 0.3) is 33.1 Å². The topological polar surface area (TPSA) is 13.1 Å². The Balaban J connectivity index is 2.10. The summed E-state index contributed by atoms with van der Waals surface area (Å²) >= 11 is 5.48. The Hall–Kier alpha value is -2.52. The van der Waals surface area contributed by atoms with Gasteiger partial charge >= 0.3 is 0 Å². The van der Waals surface area contributed by atoms with Crippen LogP contribution in [0.4, 0.5) is 4.39 Å². The van der Waals surface area contributed by atoms with Crippen LogP contribution in [0.2, 0.25) is 0 Å². The van der Waals surface area contributed by atoms with Crippen molar-refractivity contribution >= 4 is 34.0 Å². The lowest BCUT2D eigenvalue weighted by atomic mass is 10.1. The first-order valence-corrected chi connectivity index (χ1v) is 7.35. The lowest BCUT2D eigenvalue weighted by Gasteiger charge is -2.07. The third-order valence-electron chi connectivity index (χ3n) is 3.73. The molecule has 4 aromatic rings. The van der Waals surface area contributed by atoms with E-state index in [0.717, 1.165) is 21.7 Å². The molecular weight excluding hydrogens is 295 g/mol. The first-order chi connectivity index (χ1) is 10.7. The van der Waals surface area contributed by atoms with E-state index in [1.807, 2.05) is 42.5 Å². The van der Waals surface area contributed by atoms with Gasteiger partial charge in [-0.2, -0.15) is 0 Å². The van der Waals surface area contributed by atoms with Crippen molar-refractivity contribution in [3.05, 3.63) is 77.1 Å². The van der Waals surface area contributed by atoms with Crippen LogP contribution in [-0.2, 0) is 0 Å². The Morgan fingerprint density at radius 3 is 2.55 bits per heavy atom. The van der Waals surface area contributed by atoms with Crippen LogP contribution in [0.15, 0.2) is 71.1 Å². The zero-order valence-corrected chi connectivity index (χ0v) is 12.4. The molecule has 1 nitrogen and oxygen atoms in total. The number of halogens is 1. The summed E-state index contributed by atoms with van der Waals surface area (Å²) in [6, 6.07) is 20.1. The minimum atomic E-state index is -0.295. The highest BCUT2D eigenvalue weighted by atomic mass is 32.1. The molecule has 0 saturated heterocycles. The largest absolute Gasteiger partial charge is 0.455 e. The van der Waals surface area contributed by atoms with Gasteiger partial charge in [-0.3, -0.25) is 0 Å². The lowest BCUT2D eigenvalue weighted by Crippen LogP contribution is -1.84. The van der Waals surface area contributed by atoms with E-state index in [1.54, 1.807) is 12.1 Å². The third-order valence-corrected chi connectivity index (χ3v) is 4.07. The molecule has 0 aliphatic carbocycles. The quantitative estimate of drug-likeness (QED) is 0.310. The van der Waals surface area contributed by atoms with Crippen LogP contribution >= 0.6 is 12.2 Å². The van der Waals surface area contributed by atoms with Gasteiger partial charge in [-0.25, -0.2) is 4.39 Å². The summed E-state index contributed by atoms with van der Waals surface area (Å²) < 4.78 is 20.2. The van der Waals surface area contributed by atoms with Crippen LogP contribution in [0.1, 0.15) is 0 Å². The molecule has 0 aliphatic heterocycles. The van der Waals surface area contributed by atoms with Crippen LogP contribution < -0.4 is 0 Å². The molecule has 106 valence electrons. The molecule has 0 unspecified atom stereocenters. The van der Waals surface area contributed by atoms with Gasteiger partial charge in [-0.1, -0.05) is 54.7 Å². The first kappa shape index (κ1) is 13.2. The van der Waals surface area contributed by atoms with E-state index in [4.69, 9.17) is 16.6 Å². The van der Waals surface area contributed by atoms with Gasteiger partial charge in [0.2, 0.25) is 0 Å². The zero-order chi connectivity index (χ0) is 15.1. The molecule has 4 rings (SSSR count). The molecule has 0 fully saturated rings. The molecule has 0 radical (unpaired) electrons. The number of hydrogen-bond acceptors (Lipinski definition) is 2. The molecule has 1 aromatic heterocycles. The van der Waals surface area contributed by atoms with Crippen molar-refractivity contribution in [2.45, 2.75) is 0 Å². The molecule has 0 bridgehead atoms. The van der Waals surface area contributed by atoms with Gasteiger partial charge in [-0.05, 0) is 23.6 Å². The summed E-state index contributed by atoms with van der Waals surface area (Å²) in [5, 5.41) is 2.99. The fourth-order valence-electron chi connectivity index (χ4n) is 2.67. The van der Waals surface area contributed by atoms with Gasteiger partial charge in [0.25, 0.3) is 0 Å². The Kier molecular flexibility index (Phi) is 3.01. The summed E-state index contributed by atoms with van der Waals surface area (Å²) in [4.78, 5) is 0. The third kappa shape index (κ3) is 2.11. The van der Waals surface area contributed by atoms with Gasteiger partial charge in [0.05, 0.1) is 4.51 Å². The van der Waals surface area contributed by atoms with Crippen LogP contribution in [0.5, 0.6) is 0 Å². The van der Waals surface area contributed by atoms with Crippen molar-refractivity contribution in [3.8, 4) is 11.3 Å². The smallest absolute Gasteiger partial charge is 0.143 e. The van der Waals surface area contributed by atoms with E-state index in [-0.39, 0.29) is 5.82 Å². The fourth-order valence-corrected chi connectivity index (χ4v) is 2.94. The highest BCUT2D eigenvalue weighted by molar-refractivity contribution is 7.71. The normalized spacial score (nSPS) is 11.1. The summed E-state index contributed by atoms with van der Waals surface area (Å²) in [6.45, 7) is 0. The summed E-state index contributed by atoms with van der Waals surface area (Å²) in [5.41, 5.74) is 1.42. The average molecular weight is 306 g/mol. The maximum atomic E-state index is 13.5.